The van der Waals surface area contributed by atoms with Crippen LogP contribution in [-0.4, -0.2) is 53.6 Å². The van der Waals surface area contributed by atoms with Crippen molar-refractivity contribution in [3.63, 3.8) is 0 Å². The number of hydrogen-bond donors (Lipinski definition) is 0. The highest BCUT2D eigenvalue weighted by molar-refractivity contribution is 5.35. The molecule has 25 heavy (non-hydrogen) atoms. The molecule has 1 aliphatic heterocycles. The summed E-state index contributed by atoms with van der Waals surface area (Å²) in [7, 11) is 1.69. The maximum atomic E-state index is 5.85. The van der Waals surface area contributed by atoms with Crippen molar-refractivity contribution in [2.75, 3.05) is 38.3 Å². The first-order valence-electron chi connectivity index (χ1n) is 9.06. The van der Waals surface area contributed by atoms with Crippen molar-refractivity contribution >= 4 is 5.95 Å². The molecular weight excluding hydrogens is 318 g/mol. The third-order valence-corrected chi connectivity index (χ3v) is 5.42. The van der Waals surface area contributed by atoms with E-state index in [4.69, 9.17) is 9.47 Å². The normalized spacial score (nSPS) is 21.6. The smallest absolute Gasteiger partial charge is 0.245 e. The molecule has 1 aromatic carbocycles. The van der Waals surface area contributed by atoms with E-state index in [2.05, 4.69) is 20.4 Å². The fourth-order valence-electron chi connectivity index (χ4n) is 3.74. The van der Waals surface area contributed by atoms with Gasteiger partial charge in [0.15, 0.2) is 0 Å². The van der Waals surface area contributed by atoms with Crippen LogP contribution in [0.3, 0.4) is 0 Å². The largest absolute Gasteiger partial charge is 0.496 e. The number of methoxy groups -OCH3 is 1. The summed E-state index contributed by atoms with van der Waals surface area (Å²) in [5.41, 5.74) is 1.07. The Labute approximate surface area is 147 Å². The molecule has 1 saturated heterocycles. The number of para-hydroxylation sites is 1. The Morgan fingerprint density at radius 1 is 1.24 bits per heavy atom. The van der Waals surface area contributed by atoms with E-state index in [1.165, 1.54) is 19.3 Å². The van der Waals surface area contributed by atoms with Gasteiger partial charge in [-0.3, -0.25) is 0 Å². The molecule has 1 atom stereocenters. The van der Waals surface area contributed by atoms with E-state index in [-0.39, 0.29) is 0 Å². The van der Waals surface area contributed by atoms with Crippen molar-refractivity contribution in [1.82, 2.24) is 20.2 Å². The summed E-state index contributed by atoms with van der Waals surface area (Å²) in [6.07, 6.45) is 4.01. The summed E-state index contributed by atoms with van der Waals surface area (Å²) in [6.45, 7) is 3.98. The van der Waals surface area contributed by atoms with Gasteiger partial charge in [0.1, 0.15) is 5.75 Å². The van der Waals surface area contributed by atoms with Crippen molar-refractivity contribution in [3.8, 4) is 5.75 Å². The number of hydrogen-bond acceptors (Lipinski definition) is 6. The van der Waals surface area contributed by atoms with Crippen molar-refractivity contribution in [2.45, 2.75) is 25.8 Å². The monoisotopic (exact) mass is 343 g/mol. The predicted molar refractivity (Wildman–Crippen MR) is 93.8 cm³/mol. The number of benzene rings is 1. The molecule has 7 heteroatoms. The molecule has 134 valence electrons. The van der Waals surface area contributed by atoms with Crippen LogP contribution in [0, 0.1) is 11.8 Å². The Hall–Kier alpha value is -2.15. The molecular formula is C18H25N5O2. The first-order valence-corrected chi connectivity index (χ1v) is 9.06. The van der Waals surface area contributed by atoms with Gasteiger partial charge in [0.25, 0.3) is 0 Å². The van der Waals surface area contributed by atoms with Gasteiger partial charge in [0.2, 0.25) is 5.95 Å². The molecule has 1 aliphatic carbocycles. The van der Waals surface area contributed by atoms with Crippen molar-refractivity contribution in [2.24, 2.45) is 11.8 Å². The predicted octanol–water partition coefficient (Wildman–Crippen LogP) is 1.98. The van der Waals surface area contributed by atoms with Gasteiger partial charge in [-0.25, -0.2) is 4.68 Å². The summed E-state index contributed by atoms with van der Waals surface area (Å²) in [5.74, 6) is 3.04. The van der Waals surface area contributed by atoms with Gasteiger partial charge in [-0.15, -0.1) is 0 Å². The zero-order chi connectivity index (χ0) is 17.1. The standard InChI is InChI=1S/C18H25N5O2/c1-24-17-8-3-2-5-15(17)12-23-18(19-20-21-23)22-9-10-25-13-16(11-22)14-6-4-7-14/h2-3,5,8,14,16H,4,6-7,9-13H2,1H3. The molecule has 1 unspecified atom stereocenters. The van der Waals surface area contributed by atoms with Crippen LogP contribution < -0.4 is 9.64 Å². The number of aromatic nitrogens is 4. The molecule has 2 aliphatic rings. The molecule has 0 amide bonds. The second kappa shape index (κ2) is 7.39. The van der Waals surface area contributed by atoms with Crippen LogP contribution in [0.25, 0.3) is 0 Å². The first-order chi connectivity index (χ1) is 12.3. The quantitative estimate of drug-likeness (QED) is 0.827. The van der Waals surface area contributed by atoms with Gasteiger partial charge in [-0.05, 0) is 22.4 Å². The van der Waals surface area contributed by atoms with Gasteiger partial charge in [0, 0.05) is 24.6 Å². The summed E-state index contributed by atoms with van der Waals surface area (Å²) in [6, 6.07) is 7.99. The van der Waals surface area contributed by atoms with Crippen LogP contribution in [0.5, 0.6) is 5.75 Å². The molecule has 2 fully saturated rings. The minimum absolute atomic E-state index is 0.577. The van der Waals surface area contributed by atoms with Crippen LogP contribution in [0.1, 0.15) is 24.8 Å². The molecule has 1 aromatic heterocycles. The Bertz CT molecular complexity index is 700. The Morgan fingerprint density at radius 2 is 2.12 bits per heavy atom. The first kappa shape index (κ1) is 16.3. The fraction of sp³-hybridized carbons (Fsp3) is 0.611. The lowest BCUT2D eigenvalue weighted by atomic mass is 9.76. The third-order valence-electron chi connectivity index (χ3n) is 5.42. The molecule has 1 saturated carbocycles. The average Bonchev–Trinajstić information content (AvgIpc) is 2.91. The van der Waals surface area contributed by atoms with E-state index in [1.807, 2.05) is 28.9 Å². The molecule has 0 N–H and O–H groups in total. The molecule has 2 aromatic rings. The number of anilines is 1. The highest BCUT2D eigenvalue weighted by Gasteiger charge is 2.32. The van der Waals surface area contributed by atoms with Gasteiger partial charge < -0.3 is 14.4 Å². The highest BCUT2D eigenvalue weighted by Crippen LogP contribution is 2.35. The third kappa shape index (κ3) is 3.46. The van der Waals surface area contributed by atoms with E-state index in [1.54, 1.807) is 7.11 Å². The Balaban J connectivity index is 1.53. The van der Waals surface area contributed by atoms with Gasteiger partial charge >= 0.3 is 0 Å². The van der Waals surface area contributed by atoms with E-state index in [0.29, 0.717) is 12.5 Å². The lowest BCUT2D eigenvalue weighted by Crippen LogP contribution is -2.37. The van der Waals surface area contributed by atoms with E-state index in [0.717, 1.165) is 49.5 Å². The lowest BCUT2D eigenvalue weighted by molar-refractivity contribution is 0.0784. The Morgan fingerprint density at radius 3 is 2.92 bits per heavy atom. The summed E-state index contributed by atoms with van der Waals surface area (Å²) in [4.78, 5) is 2.28. The highest BCUT2D eigenvalue weighted by atomic mass is 16.5. The van der Waals surface area contributed by atoms with E-state index in [9.17, 15) is 0 Å². The van der Waals surface area contributed by atoms with Crippen molar-refractivity contribution < 1.29 is 9.47 Å². The number of ether oxygens (including phenoxy) is 2. The molecule has 0 bridgehead atoms. The summed E-state index contributed by atoms with van der Waals surface area (Å²) >= 11 is 0. The fourth-order valence-corrected chi connectivity index (χ4v) is 3.74. The van der Waals surface area contributed by atoms with Gasteiger partial charge in [0.05, 0.1) is 26.9 Å². The van der Waals surface area contributed by atoms with Crippen molar-refractivity contribution in [1.29, 1.82) is 0 Å². The van der Waals surface area contributed by atoms with E-state index >= 15 is 0 Å². The minimum Gasteiger partial charge on any atom is -0.496 e. The maximum Gasteiger partial charge on any atom is 0.245 e. The minimum atomic E-state index is 0.577. The molecule has 2 heterocycles. The zero-order valence-corrected chi connectivity index (χ0v) is 14.7. The summed E-state index contributed by atoms with van der Waals surface area (Å²) in [5, 5.41) is 12.4. The summed E-state index contributed by atoms with van der Waals surface area (Å²) < 4.78 is 13.2. The molecule has 7 nitrogen and oxygen atoms in total. The topological polar surface area (TPSA) is 65.3 Å². The number of tetrazole rings is 1. The van der Waals surface area contributed by atoms with Gasteiger partial charge in [-0.2, -0.15) is 0 Å². The average molecular weight is 343 g/mol. The van der Waals surface area contributed by atoms with Crippen LogP contribution in [0.2, 0.25) is 0 Å². The second-order valence-corrected chi connectivity index (χ2v) is 6.92. The number of nitrogens with zero attached hydrogens (tertiary/aromatic N) is 5. The SMILES string of the molecule is COc1ccccc1Cn1nnnc1N1CCOCC(C2CCC2)C1. The number of rotatable bonds is 5. The van der Waals surface area contributed by atoms with Crippen LogP contribution in [-0.2, 0) is 11.3 Å². The lowest BCUT2D eigenvalue weighted by Gasteiger charge is -2.34. The maximum absolute atomic E-state index is 5.85. The van der Waals surface area contributed by atoms with Crippen molar-refractivity contribution in [3.05, 3.63) is 29.8 Å². The Kier molecular flexibility index (Phi) is 4.83. The second-order valence-electron chi connectivity index (χ2n) is 6.92. The van der Waals surface area contributed by atoms with Crippen LogP contribution in [0.4, 0.5) is 5.95 Å². The molecule has 0 radical (unpaired) electrons. The molecule has 0 spiro atoms. The van der Waals surface area contributed by atoms with Gasteiger partial charge in [-0.1, -0.05) is 42.6 Å². The zero-order valence-electron chi connectivity index (χ0n) is 14.7. The molecule has 4 rings (SSSR count). The van der Waals surface area contributed by atoms with Crippen LogP contribution in [0.15, 0.2) is 24.3 Å². The van der Waals surface area contributed by atoms with Crippen LogP contribution >= 0.6 is 0 Å². The van der Waals surface area contributed by atoms with E-state index < -0.39 is 0 Å².